The minimum absolute atomic E-state index is 0.258. The third kappa shape index (κ3) is 6.48. The molecule has 142 valence electrons. The van der Waals surface area contributed by atoms with Gasteiger partial charge in [-0.15, -0.1) is 0 Å². The van der Waals surface area contributed by atoms with Crippen molar-refractivity contribution in [2.45, 2.75) is 77.7 Å². The van der Waals surface area contributed by atoms with Crippen molar-refractivity contribution in [1.29, 1.82) is 0 Å². The number of carbonyl (C=O) groups is 1. The topological polar surface area (TPSA) is 26.3 Å². The van der Waals surface area contributed by atoms with Crippen LogP contribution in [0.15, 0.2) is 48.6 Å². The van der Waals surface area contributed by atoms with Crippen molar-refractivity contribution in [2.24, 2.45) is 5.92 Å². The van der Waals surface area contributed by atoms with E-state index in [0.29, 0.717) is 11.5 Å². The lowest BCUT2D eigenvalue weighted by Gasteiger charge is -2.22. The highest BCUT2D eigenvalue weighted by Gasteiger charge is 2.21. The van der Waals surface area contributed by atoms with Crippen molar-refractivity contribution in [1.82, 2.24) is 0 Å². The Morgan fingerprint density at radius 1 is 1.19 bits per heavy atom. The summed E-state index contributed by atoms with van der Waals surface area (Å²) >= 11 is 0. The number of allylic oxidation sites excluding steroid dienone is 1. The molecule has 2 atom stereocenters. The van der Waals surface area contributed by atoms with Crippen LogP contribution in [-0.2, 0) is 16.0 Å². The summed E-state index contributed by atoms with van der Waals surface area (Å²) in [6, 6.07) is 8.16. The molecule has 0 N–H and O–H groups in total. The number of fused-ring (bicyclic) bond motifs is 1. The molecule has 26 heavy (non-hydrogen) atoms. The van der Waals surface area contributed by atoms with Gasteiger partial charge in [0.15, 0.2) is 0 Å². The van der Waals surface area contributed by atoms with Gasteiger partial charge in [-0.25, -0.2) is 4.79 Å². The molecule has 1 aromatic rings. The highest BCUT2D eigenvalue weighted by molar-refractivity contribution is 5.88. The van der Waals surface area contributed by atoms with E-state index in [9.17, 15) is 4.79 Å². The van der Waals surface area contributed by atoms with E-state index in [1.807, 2.05) is 24.3 Å². The molecule has 0 amide bonds. The molecule has 2 nitrogen and oxygen atoms in total. The number of esters is 1. The first kappa shape index (κ1) is 20.5. The number of hydrogen-bond acceptors (Lipinski definition) is 2. The molecule has 1 aliphatic carbocycles. The van der Waals surface area contributed by atoms with E-state index in [4.69, 9.17) is 4.74 Å². The predicted octanol–water partition coefficient (Wildman–Crippen LogP) is 6.72. The Bertz CT molecular complexity index is 614. The largest absolute Gasteiger partial charge is 0.450 e. The van der Waals surface area contributed by atoms with Gasteiger partial charge in [-0.3, -0.25) is 0 Å². The fourth-order valence-electron chi connectivity index (χ4n) is 3.60. The zero-order valence-corrected chi connectivity index (χ0v) is 16.5. The molecule has 2 unspecified atom stereocenters. The van der Waals surface area contributed by atoms with Crippen LogP contribution >= 0.6 is 0 Å². The Hall–Kier alpha value is -1.83. The number of rotatable bonds is 11. The molecular weight excluding hydrogens is 320 g/mol. The molecule has 0 spiro atoms. The Labute approximate surface area is 159 Å². The summed E-state index contributed by atoms with van der Waals surface area (Å²) in [7, 11) is 0. The summed E-state index contributed by atoms with van der Waals surface area (Å²) in [6.45, 7) is 8.44. The molecule has 0 bridgehead atoms. The van der Waals surface area contributed by atoms with Crippen molar-refractivity contribution in [3.8, 4) is 0 Å². The summed E-state index contributed by atoms with van der Waals surface area (Å²) in [4.78, 5) is 12.4. The molecule has 1 aliphatic rings. The number of benzene rings is 1. The second kappa shape index (κ2) is 11.0. The maximum absolute atomic E-state index is 12.4. The molecule has 1 aromatic carbocycles. The number of hydrogen-bond donors (Lipinski definition) is 0. The van der Waals surface area contributed by atoms with Crippen molar-refractivity contribution < 1.29 is 9.53 Å². The molecule has 2 rings (SSSR count). The van der Waals surface area contributed by atoms with Crippen molar-refractivity contribution in [3.05, 3.63) is 59.7 Å². The van der Waals surface area contributed by atoms with Gasteiger partial charge in [0.25, 0.3) is 0 Å². The van der Waals surface area contributed by atoms with E-state index in [2.05, 4.69) is 32.6 Å². The van der Waals surface area contributed by atoms with Crippen LogP contribution in [0.5, 0.6) is 0 Å². The van der Waals surface area contributed by atoms with Crippen molar-refractivity contribution >= 4 is 5.97 Å². The van der Waals surface area contributed by atoms with Crippen LogP contribution in [0, 0.1) is 5.92 Å². The number of unbranched alkanes of at least 4 members (excludes halogenated alkanes) is 5. The molecule has 0 aliphatic heterocycles. The van der Waals surface area contributed by atoms with Gasteiger partial charge in [-0.05, 0) is 36.0 Å². The zero-order chi connectivity index (χ0) is 18.8. The van der Waals surface area contributed by atoms with Crippen LogP contribution < -0.4 is 0 Å². The highest BCUT2D eigenvalue weighted by atomic mass is 16.5. The lowest BCUT2D eigenvalue weighted by Crippen LogP contribution is -2.16. The van der Waals surface area contributed by atoms with E-state index in [0.717, 1.165) is 24.8 Å². The Balaban J connectivity index is 1.73. The predicted molar refractivity (Wildman–Crippen MR) is 109 cm³/mol. The standard InChI is InChI=1S/C24H34O2/c1-4-5-6-7-8-9-13-19(2)18-20(3)24(25)26-23-17-12-15-21-14-10-11-16-22(21)23/h10-12,14,16-17,19,23H,3-9,13,15,18H2,1-2H3. The van der Waals surface area contributed by atoms with E-state index in [-0.39, 0.29) is 12.1 Å². The van der Waals surface area contributed by atoms with Gasteiger partial charge in [-0.1, -0.05) is 95.7 Å². The molecule has 0 saturated heterocycles. The highest BCUT2D eigenvalue weighted by Crippen LogP contribution is 2.29. The third-order valence-corrected chi connectivity index (χ3v) is 5.18. The van der Waals surface area contributed by atoms with Crippen LogP contribution in [0.2, 0.25) is 0 Å². The summed E-state index contributed by atoms with van der Waals surface area (Å²) in [5, 5.41) is 0. The lowest BCUT2D eigenvalue weighted by atomic mass is 9.94. The Morgan fingerprint density at radius 3 is 2.73 bits per heavy atom. The number of carbonyl (C=O) groups excluding carboxylic acids is 1. The van der Waals surface area contributed by atoms with Gasteiger partial charge < -0.3 is 4.74 Å². The van der Waals surface area contributed by atoms with Gasteiger partial charge in [0, 0.05) is 5.57 Å². The Morgan fingerprint density at radius 2 is 1.92 bits per heavy atom. The van der Waals surface area contributed by atoms with Crippen molar-refractivity contribution in [2.75, 3.05) is 0 Å². The zero-order valence-electron chi connectivity index (χ0n) is 16.5. The molecule has 0 saturated carbocycles. The summed E-state index contributed by atoms with van der Waals surface area (Å²) in [6.07, 6.45) is 14.4. The fourth-order valence-corrected chi connectivity index (χ4v) is 3.60. The average molecular weight is 355 g/mol. The maximum Gasteiger partial charge on any atom is 0.334 e. The average Bonchev–Trinajstić information content (AvgIpc) is 2.64. The van der Waals surface area contributed by atoms with E-state index in [1.165, 1.54) is 44.1 Å². The van der Waals surface area contributed by atoms with Gasteiger partial charge in [-0.2, -0.15) is 0 Å². The van der Waals surface area contributed by atoms with Crippen LogP contribution in [0.25, 0.3) is 0 Å². The van der Waals surface area contributed by atoms with E-state index >= 15 is 0 Å². The molecular formula is C24H34O2. The fraction of sp³-hybridized carbons (Fsp3) is 0.542. The van der Waals surface area contributed by atoms with Gasteiger partial charge in [0.1, 0.15) is 6.10 Å². The van der Waals surface area contributed by atoms with Gasteiger partial charge in [0.2, 0.25) is 0 Å². The van der Waals surface area contributed by atoms with Crippen molar-refractivity contribution in [3.63, 3.8) is 0 Å². The molecule has 0 aromatic heterocycles. The van der Waals surface area contributed by atoms with E-state index in [1.54, 1.807) is 0 Å². The first-order chi connectivity index (χ1) is 12.6. The van der Waals surface area contributed by atoms with Crippen LogP contribution in [-0.4, -0.2) is 5.97 Å². The third-order valence-electron chi connectivity index (χ3n) is 5.18. The SMILES string of the molecule is C=C(CC(C)CCCCCCCC)C(=O)OC1C=CCc2ccccc21. The number of ether oxygens (including phenoxy) is 1. The monoisotopic (exact) mass is 354 g/mol. The first-order valence-corrected chi connectivity index (χ1v) is 10.2. The first-order valence-electron chi connectivity index (χ1n) is 10.2. The van der Waals surface area contributed by atoms with E-state index < -0.39 is 0 Å². The molecule has 0 heterocycles. The minimum Gasteiger partial charge on any atom is -0.450 e. The summed E-state index contributed by atoms with van der Waals surface area (Å²) < 4.78 is 5.73. The molecule has 2 heteroatoms. The second-order valence-corrected chi connectivity index (χ2v) is 7.63. The van der Waals surface area contributed by atoms with Gasteiger partial charge in [0.05, 0.1) is 0 Å². The molecule has 0 radical (unpaired) electrons. The maximum atomic E-state index is 12.4. The Kier molecular flexibility index (Phi) is 8.67. The van der Waals surface area contributed by atoms with Crippen LogP contribution in [0.4, 0.5) is 0 Å². The lowest BCUT2D eigenvalue weighted by molar-refractivity contribution is -0.142. The van der Waals surface area contributed by atoms with Crippen LogP contribution in [0.3, 0.4) is 0 Å². The normalized spacial score (nSPS) is 16.8. The van der Waals surface area contributed by atoms with Gasteiger partial charge >= 0.3 is 5.97 Å². The summed E-state index contributed by atoms with van der Waals surface area (Å²) in [5.74, 6) is 0.224. The quantitative estimate of drug-likeness (QED) is 0.191. The molecule has 0 fully saturated rings. The summed E-state index contributed by atoms with van der Waals surface area (Å²) in [5.41, 5.74) is 2.92. The smallest absolute Gasteiger partial charge is 0.334 e. The minimum atomic E-state index is -0.280. The van der Waals surface area contributed by atoms with Crippen LogP contribution in [0.1, 0.15) is 82.4 Å². The second-order valence-electron chi connectivity index (χ2n) is 7.63.